The Hall–Kier alpha value is -7.20. The number of nitrogens with two attached hydrogens (primary N) is 3. The lowest BCUT2D eigenvalue weighted by molar-refractivity contribution is -0.387. The topological polar surface area (TPSA) is 553 Å². The molecule has 89 heavy (non-hydrogen) atoms. The van der Waals surface area contributed by atoms with Crippen molar-refractivity contribution in [2.75, 3.05) is 70.9 Å². The Morgan fingerprint density at radius 2 is 1.45 bits per heavy atom. The van der Waals surface area contributed by atoms with Gasteiger partial charge in [0.1, 0.15) is 41.8 Å². The number of allylic oxidation sites excluding steroid dienone is 1. The summed E-state index contributed by atoms with van der Waals surface area (Å²) in [7, 11) is -27.3. The van der Waals surface area contributed by atoms with Gasteiger partial charge < -0.3 is 80.0 Å². The van der Waals surface area contributed by atoms with Crippen LogP contribution >= 0.6 is 23.5 Å². The number of nitrogens with zero attached hydrogens (tertiary/aromatic N) is 5. The predicted octanol–water partition coefficient (Wildman–Crippen LogP) is 2.69. The predicted molar refractivity (Wildman–Crippen MR) is 300 cm³/mol. The molecule has 0 spiro atoms. The second-order valence-electron chi connectivity index (χ2n) is 18.7. The zero-order valence-electron chi connectivity index (χ0n) is 45.6. The van der Waals surface area contributed by atoms with Crippen LogP contribution in [0.5, 0.6) is 5.75 Å². The SMILES string of the molecule is NC1=C(S(=O)(=O)O)C2Oc3c(ccc(N)c3S(=O)(=O)O)C(c3ccc(C(=O)NCCOCCOCCOCCOCc4cccc(COC(=O)OC5C[C@H](n6cnc7c(N)ncnc76)O[C@@H]5COP(=O)(O)OP(=O)(O)OP(=O)(O)O)c4[N+](=O)[O-])cc3)=C2C=C1. The average molecular weight is 1350 g/mol. The van der Waals surface area contributed by atoms with E-state index in [0.717, 1.165) is 6.33 Å². The molecule has 4 unspecified atom stereocenters. The normalized spacial score (nSPS) is 19.0. The van der Waals surface area contributed by atoms with Crippen LogP contribution in [0, 0.1) is 10.1 Å². The first kappa shape index (κ1) is 67.7. The molecule has 2 aromatic heterocycles. The third-order valence-electron chi connectivity index (χ3n) is 12.7. The summed E-state index contributed by atoms with van der Waals surface area (Å²) in [5.74, 6) is -0.983. The molecule has 13 N–H and O–H groups in total. The van der Waals surface area contributed by atoms with Gasteiger partial charge in [-0.15, -0.1) is 0 Å². The highest BCUT2D eigenvalue weighted by Crippen LogP contribution is 2.66. The van der Waals surface area contributed by atoms with Gasteiger partial charge in [0, 0.05) is 29.7 Å². The number of hydrogen-bond donors (Lipinski definition) is 10. The van der Waals surface area contributed by atoms with Crippen molar-refractivity contribution in [1.82, 2.24) is 24.8 Å². The van der Waals surface area contributed by atoms with Crippen molar-refractivity contribution in [1.29, 1.82) is 0 Å². The maximum Gasteiger partial charge on any atom is 0.508 e. The van der Waals surface area contributed by atoms with Crippen LogP contribution in [0.3, 0.4) is 0 Å². The zero-order chi connectivity index (χ0) is 64.6. The lowest BCUT2D eigenvalue weighted by Crippen LogP contribution is -2.34. The molecule has 42 heteroatoms. The Morgan fingerprint density at radius 1 is 0.798 bits per heavy atom. The van der Waals surface area contributed by atoms with Gasteiger partial charge in [-0.2, -0.15) is 25.5 Å². The van der Waals surface area contributed by atoms with Gasteiger partial charge in [-0.25, -0.2) is 33.4 Å². The fraction of sp³-hybridized carbons (Fsp3) is 0.340. The van der Waals surface area contributed by atoms with E-state index in [9.17, 15) is 69.1 Å². The molecular weight excluding hydrogens is 1300 g/mol. The number of nitro benzene ring substituents is 1. The van der Waals surface area contributed by atoms with Crippen LogP contribution in [-0.4, -0.2) is 160 Å². The third kappa shape index (κ3) is 17.4. The number of imidazole rings is 1. The van der Waals surface area contributed by atoms with Crippen LogP contribution in [0.15, 0.2) is 100 Å². The van der Waals surface area contributed by atoms with Crippen molar-refractivity contribution in [3.8, 4) is 5.75 Å². The summed E-state index contributed by atoms with van der Waals surface area (Å²) in [6.45, 7) is -1.13. The van der Waals surface area contributed by atoms with E-state index >= 15 is 0 Å². The first-order valence-corrected chi connectivity index (χ1v) is 32.9. The van der Waals surface area contributed by atoms with Gasteiger partial charge in [-0.1, -0.05) is 24.3 Å². The van der Waals surface area contributed by atoms with Gasteiger partial charge in [0.05, 0.1) is 93.2 Å². The van der Waals surface area contributed by atoms with Crippen molar-refractivity contribution in [2.45, 2.75) is 49.1 Å². The van der Waals surface area contributed by atoms with Crippen LogP contribution in [0.25, 0.3) is 16.7 Å². The summed E-state index contributed by atoms with van der Waals surface area (Å²) in [6, 6.07) is 12.7. The fourth-order valence-corrected chi connectivity index (χ4v) is 13.7. The molecule has 1 saturated heterocycles. The van der Waals surface area contributed by atoms with Crippen molar-refractivity contribution in [3.05, 3.63) is 134 Å². The van der Waals surface area contributed by atoms with Gasteiger partial charge in [0.25, 0.3) is 31.8 Å². The van der Waals surface area contributed by atoms with E-state index in [1.807, 2.05) is 0 Å². The molecule has 1 amide bonds. The molecule has 3 aliphatic rings. The Kier molecular flexibility index (Phi) is 21.5. The highest BCUT2D eigenvalue weighted by atomic mass is 32.2. The van der Waals surface area contributed by atoms with E-state index in [0.29, 0.717) is 5.56 Å². The molecule has 1 aliphatic carbocycles. The number of phosphoric ester groups is 1. The number of phosphoric acid groups is 3. The summed E-state index contributed by atoms with van der Waals surface area (Å²) in [5.41, 5.74) is 17.8. The number of aromatic nitrogens is 4. The Labute approximate surface area is 502 Å². The average Bonchev–Trinajstić information content (AvgIpc) is 1.26. The molecule has 0 bridgehead atoms. The fourth-order valence-electron chi connectivity index (χ4n) is 9.08. The summed E-state index contributed by atoms with van der Waals surface area (Å²) < 4.78 is 163. The van der Waals surface area contributed by atoms with E-state index in [1.165, 1.54) is 77.6 Å². The number of benzene rings is 3. The molecular formula is C47H54N9O28P3S2. The van der Waals surface area contributed by atoms with Crippen LogP contribution in [-0.2, 0) is 93.4 Å². The molecule has 8 rings (SSSR count). The minimum Gasteiger partial charge on any atom is -0.478 e. The van der Waals surface area contributed by atoms with Crippen molar-refractivity contribution < 1.29 is 125 Å². The monoisotopic (exact) mass is 1350 g/mol. The Morgan fingerprint density at radius 3 is 2.09 bits per heavy atom. The van der Waals surface area contributed by atoms with E-state index in [4.69, 9.17) is 69.4 Å². The number of anilines is 2. The lowest BCUT2D eigenvalue weighted by Gasteiger charge is -2.34. The van der Waals surface area contributed by atoms with Gasteiger partial charge in [-0.3, -0.25) is 33.1 Å². The molecule has 1 fully saturated rings. The summed E-state index contributed by atoms with van der Waals surface area (Å²) in [4.78, 5) is 85.4. The molecule has 0 saturated carbocycles. The van der Waals surface area contributed by atoms with Crippen LogP contribution < -0.4 is 27.3 Å². The van der Waals surface area contributed by atoms with Gasteiger partial charge >= 0.3 is 29.6 Å². The number of rotatable bonds is 30. The summed E-state index contributed by atoms with van der Waals surface area (Å²) in [6.07, 6.45) is -2.37. The quantitative estimate of drug-likeness (QED) is 0.00601. The smallest absolute Gasteiger partial charge is 0.478 e. The minimum atomic E-state index is -5.90. The number of nitrogens with one attached hydrogen (secondary N) is 1. The number of nitro groups is 1. The van der Waals surface area contributed by atoms with Crippen LogP contribution in [0.1, 0.15) is 45.3 Å². The van der Waals surface area contributed by atoms with Gasteiger partial charge in [0.15, 0.2) is 28.2 Å². The molecule has 6 atom stereocenters. The number of carbonyl (C=O) groups excluding carboxylic acids is 2. The number of fused-ring (bicyclic) bond motifs is 3. The van der Waals surface area contributed by atoms with E-state index in [1.54, 1.807) is 0 Å². The van der Waals surface area contributed by atoms with Gasteiger partial charge in [0.2, 0.25) is 0 Å². The first-order valence-electron chi connectivity index (χ1n) is 25.5. The molecule has 0 radical (unpaired) electrons. The Balaban J connectivity index is 0.740. The van der Waals surface area contributed by atoms with Crippen LogP contribution in [0.2, 0.25) is 0 Å². The standard InChI is InChI=1S/C47H54N9O28P3S2/c48-32-10-8-30-37(31-9-11-33(49)43(89(71,72)73)41(31)82-40(30)42(32)88(68,69)70)26-4-6-27(7-5-26)46(57)51-12-13-74-14-15-75-16-17-76-18-19-77-21-28-2-1-3-29(39(28)56(59)60)22-78-47(58)81-34-20-36(55-25-54-38-44(50)52-24-53-45(38)55)80-35(34)23-79-86(64,65)84-87(66,67)83-85(61,62)63/h1-11,24-25,34-36,40H,12-23,48-49H2,(H,51,57)(H,64,65)(H,66,67)(H2,50,52,53)(H2,61,62,63)(H,68,69,70)(H,71,72,73)/t34?,35-,36-,40?/m1/s1. The minimum absolute atomic E-state index is 0.00236. The van der Waals surface area contributed by atoms with E-state index in [-0.39, 0.29) is 122 Å². The van der Waals surface area contributed by atoms with Crippen LogP contribution in [0.4, 0.5) is 22.0 Å². The molecule has 37 nitrogen and oxygen atoms in total. The molecule has 482 valence electrons. The molecule has 3 aromatic carbocycles. The van der Waals surface area contributed by atoms with Gasteiger partial charge in [-0.05, 0) is 53.6 Å². The number of carbonyl (C=O) groups is 2. The van der Waals surface area contributed by atoms with Crippen molar-refractivity contribution in [3.63, 3.8) is 0 Å². The highest BCUT2D eigenvalue weighted by molar-refractivity contribution is 7.90. The number of para-hydroxylation sites is 1. The van der Waals surface area contributed by atoms with E-state index in [2.05, 4.69) is 28.9 Å². The second kappa shape index (κ2) is 28.3. The second-order valence-corrected chi connectivity index (χ2v) is 25.9. The number of hydrogen-bond acceptors (Lipinski definition) is 28. The zero-order valence-corrected chi connectivity index (χ0v) is 49.9. The number of ether oxygens (including phenoxy) is 8. The Bertz CT molecular complexity index is 4000. The maximum atomic E-state index is 13.1. The highest BCUT2D eigenvalue weighted by Gasteiger charge is 2.46. The molecule has 5 aromatic rings. The van der Waals surface area contributed by atoms with Crippen molar-refractivity contribution >= 4 is 89.7 Å². The largest absolute Gasteiger partial charge is 0.508 e. The lowest BCUT2D eigenvalue weighted by atomic mass is 9.85. The third-order valence-corrected chi connectivity index (χ3v) is 18.5. The number of nitrogen functional groups attached to an aromatic ring is 2. The van der Waals surface area contributed by atoms with E-state index < -0.39 is 125 Å². The maximum absolute atomic E-state index is 13.1. The molecule has 4 heterocycles. The first-order chi connectivity index (χ1) is 41.9. The summed E-state index contributed by atoms with van der Waals surface area (Å²) in [5, 5.41) is 15.0. The summed E-state index contributed by atoms with van der Waals surface area (Å²) >= 11 is 0. The van der Waals surface area contributed by atoms with Crippen molar-refractivity contribution in [2.24, 2.45) is 5.73 Å². The molecule has 2 aliphatic heterocycles. The number of amides is 1.